The van der Waals surface area contributed by atoms with Gasteiger partial charge in [-0.15, -0.1) is 0 Å². The average molecular weight is 403 g/mol. The molecule has 1 spiro atoms. The van der Waals surface area contributed by atoms with E-state index in [1.54, 1.807) is 0 Å². The zero-order chi connectivity index (χ0) is 18.9. The highest BCUT2D eigenvalue weighted by Crippen LogP contribution is 2.41. The van der Waals surface area contributed by atoms with E-state index in [9.17, 15) is 4.79 Å². The molecule has 2 aromatic carbocycles. The normalized spacial score (nSPS) is 19.1. The predicted molar refractivity (Wildman–Crippen MR) is 110 cm³/mol. The van der Waals surface area contributed by atoms with Crippen molar-refractivity contribution < 1.29 is 4.79 Å². The molecule has 2 fully saturated rings. The lowest BCUT2D eigenvalue weighted by Gasteiger charge is -2.54. The van der Waals surface area contributed by atoms with Crippen LogP contribution in [0, 0.1) is 5.41 Å². The van der Waals surface area contributed by atoms with Crippen LogP contribution in [0.1, 0.15) is 24.0 Å². The number of piperidine rings is 1. The van der Waals surface area contributed by atoms with Gasteiger partial charge in [-0.25, -0.2) is 0 Å². The molecular formula is C22H24Cl2N2O. The van der Waals surface area contributed by atoms with E-state index in [1.165, 1.54) is 5.56 Å². The standard InChI is InChI=1S/C22H24Cl2N2O/c23-19-6-4-17(5-7-19)13-21(27)26-15-22(16-26)8-10-25(11-9-22)14-18-2-1-3-20(24)12-18/h1-7,12H,8-11,13-16H2. The molecule has 3 nitrogen and oxygen atoms in total. The third-order valence-corrected chi connectivity index (χ3v) is 6.37. The van der Waals surface area contributed by atoms with Crippen LogP contribution in [0.3, 0.4) is 0 Å². The van der Waals surface area contributed by atoms with Crippen molar-refractivity contribution in [3.8, 4) is 0 Å². The Bertz CT molecular complexity index is 805. The van der Waals surface area contributed by atoms with Crippen molar-refractivity contribution in [2.45, 2.75) is 25.8 Å². The van der Waals surface area contributed by atoms with Crippen LogP contribution >= 0.6 is 23.2 Å². The number of carbonyl (C=O) groups excluding carboxylic acids is 1. The van der Waals surface area contributed by atoms with Gasteiger partial charge in [0.25, 0.3) is 0 Å². The molecule has 142 valence electrons. The summed E-state index contributed by atoms with van der Waals surface area (Å²) in [6.07, 6.45) is 2.80. The van der Waals surface area contributed by atoms with Crippen LogP contribution in [-0.2, 0) is 17.8 Å². The third kappa shape index (κ3) is 4.48. The molecule has 0 N–H and O–H groups in total. The fourth-order valence-corrected chi connectivity index (χ4v) is 4.56. The van der Waals surface area contributed by atoms with Crippen molar-refractivity contribution in [1.82, 2.24) is 9.80 Å². The summed E-state index contributed by atoms with van der Waals surface area (Å²) in [5.74, 6) is 0.226. The maximum absolute atomic E-state index is 12.5. The third-order valence-electron chi connectivity index (χ3n) is 5.89. The summed E-state index contributed by atoms with van der Waals surface area (Å²) in [4.78, 5) is 17.0. The second-order valence-corrected chi connectivity index (χ2v) is 8.83. The Hall–Kier alpha value is -1.55. The van der Waals surface area contributed by atoms with E-state index in [0.29, 0.717) is 16.9 Å². The molecule has 2 aliphatic heterocycles. The Balaban J connectivity index is 1.24. The molecule has 0 bridgehead atoms. The lowest BCUT2D eigenvalue weighted by Crippen LogP contribution is -2.62. The second-order valence-electron chi connectivity index (χ2n) is 7.96. The molecule has 5 heteroatoms. The van der Waals surface area contributed by atoms with Gasteiger partial charge in [-0.2, -0.15) is 0 Å². The SMILES string of the molecule is O=C(Cc1ccc(Cl)cc1)N1CC2(CCN(Cc3cccc(Cl)c3)CC2)C1. The summed E-state index contributed by atoms with van der Waals surface area (Å²) in [7, 11) is 0. The highest BCUT2D eigenvalue weighted by Gasteiger charge is 2.46. The minimum Gasteiger partial charge on any atom is -0.341 e. The number of carbonyl (C=O) groups is 1. The minimum absolute atomic E-state index is 0.226. The lowest BCUT2D eigenvalue weighted by atomic mass is 9.71. The van der Waals surface area contributed by atoms with Gasteiger partial charge in [-0.1, -0.05) is 47.5 Å². The molecule has 2 aliphatic rings. The lowest BCUT2D eigenvalue weighted by molar-refractivity contribution is -0.146. The average Bonchev–Trinajstić information content (AvgIpc) is 2.62. The Labute approximate surface area is 170 Å². The molecule has 0 saturated carbocycles. The molecule has 0 aliphatic carbocycles. The molecule has 0 radical (unpaired) electrons. The van der Waals surface area contributed by atoms with Crippen molar-refractivity contribution in [3.05, 3.63) is 69.7 Å². The molecule has 2 aromatic rings. The molecule has 27 heavy (non-hydrogen) atoms. The van der Waals surface area contributed by atoms with Crippen molar-refractivity contribution in [2.75, 3.05) is 26.2 Å². The molecule has 2 heterocycles. The summed E-state index contributed by atoms with van der Waals surface area (Å²) in [5.41, 5.74) is 2.63. The van der Waals surface area contributed by atoms with Gasteiger partial charge in [0.15, 0.2) is 0 Å². The van der Waals surface area contributed by atoms with E-state index in [0.717, 1.165) is 56.2 Å². The number of halogens is 2. The maximum Gasteiger partial charge on any atom is 0.227 e. The van der Waals surface area contributed by atoms with Crippen LogP contribution in [-0.4, -0.2) is 41.9 Å². The first-order valence-electron chi connectivity index (χ1n) is 9.50. The number of rotatable bonds is 4. The monoisotopic (exact) mass is 402 g/mol. The first-order chi connectivity index (χ1) is 13.0. The zero-order valence-corrected chi connectivity index (χ0v) is 16.8. The molecule has 2 saturated heterocycles. The summed E-state index contributed by atoms with van der Waals surface area (Å²) in [6.45, 7) is 4.95. The second kappa shape index (κ2) is 7.83. The van der Waals surface area contributed by atoms with Crippen molar-refractivity contribution >= 4 is 29.1 Å². The molecular weight excluding hydrogens is 379 g/mol. The van der Waals surface area contributed by atoms with Crippen LogP contribution in [0.2, 0.25) is 10.0 Å². The van der Waals surface area contributed by atoms with Crippen LogP contribution in [0.15, 0.2) is 48.5 Å². The number of hydrogen-bond acceptors (Lipinski definition) is 2. The van der Waals surface area contributed by atoms with E-state index in [1.807, 2.05) is 47.4 Å². The van der Waals surface area contributed by atoms with E-state index < -0.39 is 0 Å². The molecule has 0 aromatic heterocycles. The quantitative estimate of drug-likeness (QED) is 0.742. The number of likely N-dealkylation sites (tertiary alicyclic amines) is 2. The van der Waals surface area contributed by atoms with Crippen molar-refractivity contribution in [2.24, 2.45) is 5.41 Å². The van der Waals surface area contributed by atoms with Gasteiger partial charge in [0.1, 0.15) is 0 Å². The van der Waals surface area contributed by atoms with E-state index in [2.05, 4.69) is 11.0 Å². The Morgan fingerprint density at radius 2 is 1.63 bits per heavy atom. The van der Waals surface area contributed by atoms with Crippen LogP contribution in [0.25, 0.3) is 0 Å². The van der Waals surface area contributed by atoms with Gasteiger partial charge in [-0.05, 0) is 61.3 Å². The topological polar surface area (TPSA) is 23.6 Å². The van der Waals surface area contributed by atoms with Gasteiger partial charge in [0.05, 0.1) is 6.42 Å². The van der Waals surface area contributed by atoms with Gasteiger partial charge in [0, 0.05) is 35.1 Å². The summed E-state index contributed by atoms with van der Waals surface area (Å²) in [5, 5.41) is 1.51. The van der Waals surface area contributed by atoms with E-state index in [-0.39, 0.29) is 5.91 Å². The number of hydrogen-bond donors (Lipinski definition) is 0. The summed E-state index contributed by atoms with van der Waals surface area (Å²) >= 11 is 12.0. The van der Waals surface area contributed by atoms with Crippen molar-refractivity contribution in [3.63, 3.8) is 0 Å². The number of nitrogens with zero attached hydrogens (tertiary/aromatic N) is 2. The molecule has 4 rings (SSSR count). The van der Waals surface area contributed by atoms with Gasteiger partial charge in [0.2, 0.25) is 5.91 Å². The summed E-state index contributed by atoms with van der Waals surface area (Å²) < 4.78 is 0. The first-order valence-corrected chi connectivity index (χ1v) is 10.3. The van der Waals surface area contributed by atoms with Gasteiger partial charge >= 0.3 is 0 Å². The van der Waals surface area contributed by atoms with Gasteiger partial charge < -0.3 is 4.90 Å². The molecule has 0 unspecified atom stereocenters. The van der Waals surface area contributed by atoms with E-state index in [4.69, 9.17) is 23.2 Å². The smallest absolute Gasteiger partial charge is 0.227 e. The number of amides is 1. The first kappa shape index (κ1) is 18.8. The molecule has 1 amide bonds. The maximum atomic E-state index is 12.5. The number of benzene rings is 2. The Kier molecular flexibility index (Phi) is 5.45. The fraction of sp³-hybridized carbons (Fsp3) is 0.409. The fourth-order valence-electron chi connectivity index (χ4n) is 4.22. The van der Waals surface area contributed by atoms with Crippen LogP contribution in [0.5, 0.6) is 0 Å². The predicted octanol–water partition coefficient (Wildman–Crippen LogP) is 4.66. The highest BCUT2D eigenvalue weighted by atomic mass is 35.5. The van der Waals surface area contributed by atoms with Crippen LogP contribution < -0.4 is 0 Å². The van der Waals surface area contributed by atoms with Gasteiger partial charge in [-0.3, -0.25) is 9.69 Å². The summed E-state index contributed by atoms with van der Waals surface area (Å²) in [6, 6.07) is 15.7. The van der Waals surface area contributed by atoms with E-state index >= 15 is 0 Å². The molecule has 0 atom stereocenters. The Morgan fingerprint density at radius 3 is 2.30 bits per heavy atom. The minimum atomic E-state index is 0.226. The Morgan fingerprint density at radius 1 is 0.926 bits per heavy atom. The van der Waals surface area contributed by atoms with Crippen LogP contribution in [0.4, 0.5) is 0 Å². The zero-order valence-electron chi connectivity index (χ0n) is 15.3. The largest absolute Gasteiger partial charge is 0.341 e. The highest BCUT2D eigenvalue weighted by molar-refractivity contribution is 6.30. The van der Waals surface area contributed by atoms with Crippen molar-refractivity contribution in [1.29, 1.82) is 0 Å².